The second-order valence-corrected chi connectivity index (χ2v) is 4.89. The second-order valence-electron chi connectivity index (χ2n) is 4.89. The lowest BCUT2D eigenvalue weighted by molar-refractivity contribution is -0.162. The molecular weight excluding hydrogens is 320 g/mol. The molecular formula is C15H18N2O7. The molecule has 1 amide bonds. The van der Waals surface area contributed by atoms with Crippen molar-refractivity contribution < 1.29 is 33.8 Å². The number of ether oxygens (including phenoxy) is 2. The van der Waals surface area contributed by atoms with E-state index in [4.69, 9.17) is 0 Å². The molecule has 2 N–H and O–H groups in total. The van der Waals surface area contributed by atoms with Gasteiger partial charge in [0, 0.05) is 12.1 Å². The highest BCUT2D eigenvalue weighted by atomic mass is 16.5. The number of nitrogens with one attached hydrogen (secondary N) is 1. The molecule has 0 saturated carbocycles. The number of carbonyl (C=O) groups excluding carboxylic acids is 3. The van der Waals surface area contributed by atoms with E-state index >= 15 is 0 Å². The van der Waals surface area contributed by atoms with Crippen LogP contribution in [0, 0.1) is 11.8 Å². The Hall–Kier alpha value is -2.97. The monoisotopic (exact) mass is 338 g/mol. The Labute approximate surface area is 138 Å². The molecule has 0 radical (unpaired) electrons. The van der Waals surface area contributed by atoms with E-state index in [2.05, 4.69) is 19.8 Å². The molecule has 0 aromatic carbocycles. The van der Waals surface area contributed by atoms with Gasteiger partial charge in [-0.15, -0.1) is 0 Å². The average Bonchev–Trinajstić information content (AvgIpc) is 2.59. The minimum atomic E-state index is -1.53. The molecule has 1 aromatic heterocycles. The first-order valence-electron chi connectivity index (χ1n) is 6.93. The van der Waals surface area contributed by atoms with Crippen LogP contribution in [0.3, 0.4) is 0 Å². The Morgan fingerprint density at radius 1 is 1.12 bits per heavy atom. The number of aliphatic carboxylic acids is 1. The minimum Gasteiger partial charge on any atom is -0.480 e. The van der Waals surface area contributed by atoms with Crippen molar-refractivity contribution in [3.63, 3.8) is 0 Å². The highest BCUT2D eigenvalue weighted by Gasteiger charge is 2.42. The maximum atomic E-state index is 12.1. The van der Waals surface area contributed by atoms with E-state index in [1.807, 2.05) is 0 Å². The molecule has 0 bridgehead atoms. The fourth-order valence-electron chi connectivity index (χ4n) is 2.10. The number of aromatic nitrogens is 1. The molecule has 1 rings (SSSR count). The predicted octanol–water partition coefficient (Wildman–Crippen LogP) is -0.137. The van der Waals surface area contributed by atoms with E-state index in [0.717, 1.165) is 14.2 Å². The quantitative estimate of drug-likeness (QED) is 0.519. The molecule has 0 aliphatic carbocycles. The van der Waals surface area contributed by atoms with Crippen molar-refractivity contribution in [3.8, 4) is 0 Å². The second kappa shape index (κ2) is 8.61. The number of amides is 1. The summed E-state index contributed by atoms with van der Waals surface area (Å²) < 4.78 is 9.04. The molecule has 2 atom stereocenters. The van der Waals surface area contributed by atoms with Crippen LogP contribution in [-0.2, 0) is 23.9 Å². The van der Waals surface area contributed by atoms with Crippen molar-refractivity contribution in [2.24, 2.45) is 11.8 Å². The van der Waals surface area contributed by atoms with Gasteiger partial charge in [0.15, 0.2) is 5.92 Å². The van der Waals surface area contributed by atoms with Crippen molar-refractivity contribution in [3.05, 3.63) is 30.1 Å². The zero-order valence-electron chi connectivity index (χ0n) is 13.4. The van der Waals surface area contributed by atoms with Crippen LogP contribution in [0.1, 0.15) is 17.4 Å². The van der Waals surface area contributed by atoms with Gasteiger partial charge in [0.25, 0.3) is 5.91 Å². The number of hydrogen-bond donors (Lipinski definition) is 2. The largest absolute Gasteiger partial charge is 0.480 e. The smallest absolute Gasteiger partial charge is 0.326 e. The van der Waals surface area contributed by atoms with Gasteiger partial charge in [0.05, 0.1) is 14.2 Å². The van der Waals surface area contributed by atoms with Crippen LogP contribution < -0.4 is 5.32 Å². The van der Waals surface area contributed by atoms with Crippen LogP contribution in [0.5, 0.6) is 0 Å². The first-order valence-corrected chi connectivity index (χ1v) is 6.93. The van der Waals surface area contributed by atoms with Crippen LogP contribution >= 0.6 is 0 Å². The number of methoxy groups -OCH3 is 2. The van der Waals surface area contributed by atoms with E-state index in [1.54, 1.807) is 12.1 Å². The zero-order valence-corrected chi connectivity index (χ0v) is 13.4. The van der Waals surface area contributed by atoms with Gasteiger partial charge in [0.1, 0.15) is 11.7 Å². The predicted molar refractivity (Wildman–Crippen MR) is 79.8 cm³/mol. The van der Waals surface area contributed by atoms with Crippen molar-refractivity contribution >= 4 is 23.8 Å². The highest BCUT2D eigenvalue weighted by molar-refractivity contribution is 5.98. The lowest BCUT2D eigenvalue weighted by Gasteiger charge is -2.25. The number of carboxylic acid groups (broad SMARTS) is 1. The molecule has 130 valence electrons. The van der Waals surface area contributed by atoms with Crippen molar-refractivity contribution in [1.29, 1.82) is 0 Å². The van der Waals surface area contributed by atoms with E-state index in [-0.39, 0.29) is 5.69 Å². The summed E-state index contributed by atoms with van der Waals surface area (Å²) >= 11 is 0. The molecule has 0 unspecified atom stereocenters. The van der Waals surface area contributed by atoms with Gasteiger partial charge >= 0.3 is 17.9 Å². The fraction of sp³-hybridized carbons (Fsp3) is 0.400. The van der Waals surface area contributed by atoms with Crippen LogP contribution in [0.25, 0.3) is 0 Å². The van der Waals surface area contributed by atoms with Gasteiger partial charge in [-0.2, -0.15) is 0 Å². The number of carboxylic acids is 1. The summed E-state index contributed by atoms with van der Waals surface area (Å²) in [5.41, 5.74) is 0.00337. The normalized spacial score (nSPS) is 12.8. The van der Waals surface area contributed by atoms with Crippen LogP contribution in [-0.4, -0.2) is 54.2 Å². The van der Waals surface area contributed by atoms with Crippen molar-refractivity contribution in [2.75, 3.05) is 14.2 Å². The standard InChI is InChI=1S/C15H18N2O7/c1-8(10(14(21)23-2)15(22)24-3)11(13(19)20)17-12(18)9-6-4-5-7-16-9/h4-8,10-11H,1-3H3,(H,17,18)(H,19,20)/t8-,11+/m1/s1. The molecule has 1 heterocycles. The first kappa shape index (κ1) is 19.1. The number of rotatable bonds is 7. The maximum absolute atomic E-state index is 12.1. The van der Waals surface area contributed by atoms with Crippen molar-refractivity contribution in [1.82, 2.24) is 10.3 Å². The fourth-order valence-corrected chi connectivity index (χ4v) is 2.10. The molecule has 0 spiro atoms. The molecule has 0 aliphatic heterocycles. The Morgan fingerprint density at radius 3 is 2.12 bits per heavy atom. The third-order valence-corrected chi connectivity index (χ3v) is 3.41. The summed E-state index contributed by atoms with van der Waals surface area (Å²) in [6.45, 7) is 1.33. The van der Waals surface area contributed by atoms with E-state index in [1.165, 1.54) is 19.2 Å². The zero-order chi connectivity index (χ0) is 18.3. The molecule has 0 saturated heterocycles. The first-order chi connectivity index (χ1) is 11.3. The third kappa shape index (κ3) is 4.51. The van der Waals surface area contributed by atoms with Crippen molar-refractivity contribution in [2.45, 2.75) is 13.0 Å². The Balaban J connectivity index is 3.04. The summed E-state index contributed by atoms with van der Waals surface area (Å²) in [4.78, 5) is 51.0. The molecule has 9 heteroatoms. The summed E-state index contributed by atoms with van der Waals surface area (Å²) in [5, 5.41) is 11.6. The molecule has 1 aromatic rings. The molecule has 9 nitrogen and oxygen atoms in total. The van der Waals surface area contributed by atoms with Crippen LogP contribution in [0.4, 0.5) is 0 Å². The van der Waals surface area contributed by atoms with Crippen LogP contribution in [0.15, 0.2) is 24.4 Å². The molecule has 0 aliphatic rings. The minimum absolute atomic E-state index is 0.00337. The number of nitrogens with zero attached hydrogens (tertiary/aromatic N) is 1. The van der Waals surface area contributed by atoms with Gasteiger partial charge in [0.2, 0.25) is 0 Å². The third-order valence-electron chi connectivity index (χ3n) is 3.41. The number of carbonyl (C=O) groups is 4. The SMILES string of the molecule is COC(=O)C(C(=O)OC)[C@@H](C)[C@H](NC(=O)c1ccccn1)C(=O)O. The highest BCUT2D eigenvalue weighted by Crippen LogP contribution is 2.20. The van der Waals surface area contributed by atoms with Crippen LogP contribution in [0.2, 0.25) is 0 Å². The van der Waals surface area contributed by atoms with E-state index in [9.17, 15) is 24.3 Å². The lowest BCUT2D eigenvalue weighted by atomic mass is 9.87. The molecule has 24 heavy (non-hydrogen) atoms. The average molecular weight is 338 g/mol. The summed E-state index contributed by atoms with van der Waals surface area (Å²) in [7, 11) is 2.13. The van der Waals surface area contributed by atoms with E-state index in [0.29, 0.717) is 0 Å². The Kier molecular flexibility index (Phi) is 6.84. The van der Waals surface area contributed by atoms with Gasteiger partial charge in [-0.25, -0.2) is 4.79 Å². The number of pyridine rings is 1. The topological polar surface area (TPSA) is 132 Å². The van der Waals surface area contributed by atoms with Gasteiger partial charge in [-0.1, -0.05) is 13.0 Å². The number of hydrogen-bond acceptors (Lipinski definition) is 7. The number of esters is 2. The summed E-state index contributed by atoms with van der Waals surface area (Å²) in [6, 6.07) is 3.03. The van der Waals surface area contributed by atoms with Gasteiger partial charge in [-0.3, -0.25) is 19.4 Å². The van der Waals surface area contributed by atoms with E-state index < -0.39 is 41.7 Å². The summed E-state index contributed by atoms with van der Waals surface area (Å²) in [6.07, 6.45) is 1.37. The lowest BCUT2D eigenvalue weighted by Crippen LogP contribution is -2.50. The maximum Gasteiger partial charge on any atom is 0.326 e. The summed E-state index contributed by atoms with van der Waals surface area (Å²) in [5.74, 6) is -6.67. The molecule has 0 fully saturated rings. The Bertz CT molecular complexity index is 602. The Morgan fingerprint density at radius 2 is 1.71 bits per heavy atom. The van der Waals surface area contributed by atoms with Gasteiger partial charge in [-0.05, 0) is 12.1 Å². The van der Waals surface area contributed by atoms with Gasteiger partial charge < -0.3 is 19.9 Å².